The molecular formula is C12H24N2O. The first-order valence-corrected chi connectivity index (χ1v) is 6.29. The molecule has 0 spiro atoms. The minimum absolute atomic E-state index is 0.354. The number of carbonyl (C=O) groups excluding carboxylic acids is 1. The topological polar surface area (TPSA) is 32.3 Å². The van der Waals surface area contributed by atoms with Crippen molar-refractivity contribution in [1.82, 2.24) is 10.2 Å². The number of amides is 1. The van der Waals surface area contributed by atoms with E-state index in [0.29, 0.717) is 11.9 Å². The Bertz CT molecular complexity index is 188. The molecule has 1 unspecified atom stereocenters. The second-order valence-corrected chi connectivity index (χ2v) is 4.34. The van der Waals surface area contributed by atoms with Crippen LogP contribution >= 0.6 is 0 Å². The zero-order valence-electron chi connectivity index (χ0n) is 10.1. The lowest BCUT2D eigenvalue weighted by atomic mass is 10.1. The fourth-order valence-corrected chi connectivity index (χ4v) is 2.13. The fraction of sp³-hybridized carbons (Fsp3) is 0.917. The van der Waals surface area contributed by atoms with E-state index in [9.17, 15) is 4.79 Å². The van der Waals surface area contributed by atoms with Crippen LogP contribution in [0.1, 0.15) is 46.0 Å². The van der Waals surface area contributed by atoms with Crippen LogP contribution in [0.4, 0.5) is 0 Å². The first-order chi connectivity index (χ1) is 7.29. The van der Waals surface area contributed by atoms with Gasteiger partial charge in [0, 0.05) is 25.6 Å². The van der Waals surface area contributed by atoms with Gasteiger partial charge in [0.15, 0.2) is 0 Å². The number of rotatable bonds is 6. The third-order valence-electron chi connectivity index (χ3n) is 3.00. The smallest absolute Gasteiger partial charge is 0.222 e. The average Bonchev–Trinajstić information content (AvgIpc) is 2.75. The molecule has 1 amide bonds. The van der Waals surface area contributed by atoms with Gasteiger partial charge in [0.1, 0.15) is 0 Å². The van der Waals surface area contributed by atoms with E-state index in [2.05, 4.69) is 24.1 Å². The van der Waals surface area contributed by atoms with E-state index >= 15 is 0 Å². The van der Waals surface area contributed by atoms with E-state index in [4.69, 9.17) is 0 Å². The van der Waals surface area contributed by atoms with Gasteiger partial charge in [0.2, 0.25) is 5.91 Å². The zero-order valence-corrected chi connectivity index (χ0v) is 10.1. The maximum atomic E-state index is 12.0. The minimum atomic E-state index is 0.354. The molecule has 1 N–H and O–H groups in total. The van der Waals surface area contributed by atoms with Crippen molar-refractivity contribution in [2.45, 2.75) is 52.0 Å². The van der Waals surface area contributed by atoms with Gasteiger partial charge in [0.25, 0.3) is 0 Å². The van der Waals surface area contributed by atoms with Gasteiger partial charge in [-0.05, 0) is 25.8 Å². The van der Waals surface area contributed by atoms with Crippen LogP contribution in [0.25, 0.3) is 0 Å². The van der Waals surface area contributed by atoms with Gasteiger partial charge in [0.05, 0.1) is 0 Å². The van der Waals surface area contributed by atoms with E-state index in [1.54, 1.807) is 0 Å². The van der Waals surface area contributed by atoms with Crippen LogP contribution in [0, 0.1) is 0 Å². The summed E-state index contributed by atoms with van der Waals surface area (Å²) in [7, 11) is 0. The minimum Gasteiger partial charge on any atom is -0.338 e. The molecule has 1 rings (SSSR count). The summed E-state index contributed by atoms with van der Waals surface area (Å²) in [4.78, 5) is 14.1. The lowest BCUT2D eigenvalue weighted by molar-refractivity contribution is -0.133. The van der Waals surface area contributed by atoms with E-state index in [-0.39, 0.29) is 0 Å². The van der Waals surface area contributed by atoms with Gasteiger partial charge in [-0.3, -0.25) is 4.79 Å². The Balaban J connectivity index is 2.43. The Hall–Kier alpha value is -0.570. The monoisotopic (exact) mass is 212 g/mol. The van der Waals surface area contributed by atoms with Crippen molar-refractivity contribution >= 4 is 5.91 Å². The zero-order chi connectivity index (χ0) is 11.1. The predicted octanol–water partition coefficient (Wildman–Crippen LogP) is 1.78. The maximum Gasteiger partial charge on any atom is 0.222 e. The van der Waals surface area contributed by atoms with Gasteiger partial charge >= 0.3 is 0 Å². The molecular weight excluding hydrogens is 188 g/mol. The average molecular weight is 212 g/mol. The molecule has 88 valence electrons. The third kappa shape index (κ3) is 3.82. The van der Waals surface area contributed by atoms with Crippen molar-refractivity contribution in [3.05, 3.63) is 0 Å². The summed E-state index contributed by atoms with van der Waals surface area (Å²) >= 11 is 0. The van der Waals surface area contributed by atoms with Crippen molar-refractivity contribution in [3.8, 4) is 0 Å². The van der Waals surface area contributed by atoms with Crippen LogP contribution in [0.15, 0.2) is 0 Å². The Morgan fingerprint density at radius 1 is 1.40 bits per heavy atom. The molecule has 1 aliphatic rings. The highest BCUT2D eigenvalue weighted by atomic mass is 16.2. The predicted molar refractivity (Wildman–Crippen MR) is 62.8 cm³/mol. The number of nitrogens with one attached hydrogen (secondary N) is 1. The van der Waals surface area contributed by atoms with Gasteiger partial charge in [-0.1, -0.05) is 20.3 Å². The lowest BCUT2D eigenvalue weighted by Crippen LogP contribution is -2.41. The largest absolute Gasteiger partial charge is 0.338 e. The second-order valence-electron chi connectivity index (χ2n) is 4.34. The third-order valence-corrected chi connectivity index (χ3v) is 3.00. The van der Waals surface area contributed by atoms with Crippen LogP contribution in [0.5, 0.6) is 0 Å². The van der Waals surface area contributed by atoms with Gasteiger partial charge in [-0.25, -0.2) is 0 Å². The Morgan fingerprint density at radius 3 is 2.73 bits per heavy atom. The second kappa shape index (κ2) is 6.83. The van der Waals surface area contributed by atoms with Crippen molar-refractivity contribution in [2.75, 3.05) is 19.6 Å². The summed E-state index contributed by atoms with van der Waals surface area (Å²) in [5, 5.41) is 3.33. The number of hydrogen-bond acceptors (Lipinski definition) is 2. The Labute approximate surface area is 93.2 Å². The molecule has 3 nitrogen and oxygen atoms in total. The lowest BCUT2D eigenvalue weighted by Gasteiger charge is -2.28. The van der Waals surface area contributed by atoms with E-state index in [1.165, 1.54) is 0 Å². The van der Waals surface area contributed by atoms with Crippen LogP contribution in [-0.4, -0.2) is 36.5 Å². The van der Waals surface area contributed by atoms with Crippen molar-refractivity contribution in [3.63, 3.8) is 0 Å². The summed E-state index contributed by atoms with van der Waals surface area (Å²) in [6.07, 6.45) is 5.05. The summed E-state index contributed by atoms with van der Waals surface area (Å²) in [5.74, 6) is 0.354. The summed E-state index contributed by atoms with van der Waals surface area (Å²) in [6.45, 7) is 7.25. The molecule has 0 bridgehead atoms. The molecule has 3 heteroatoms. The molecule has 1 aliphatic heterocycles. The van der Waals surface area contributed by atoms with Crippen LogP contribution in [0.2, 0.25) is 0 Å². The normalized spacial score (nSPS) is 20.5. The highest BCUT2D eigenvalue weighted by Crippen LogP contribution is 2.12. The fourth-order valence-electron chi connectivity index (χ4n) is 2.13. The van der Waals surface area contributed by atoms with E-state index in [0.717, 1.165) is 51.7 Å². The number of carbonyl (C=O) groups is 1. The van der Waals surface area contributed by atoms with Crippen LogP contribution in [0.3, 0.4) is 0 Å². The van der Waals surface area contributed by atoms with Gasteiger partial charge in [-0.15, -0.1) is 0 Å². The number of unbranched alkanes of at least 4 members (excludes halogenated alkanes) is 1. The highest BCUT2D eigenvalue weighted by Gasteiger charge is 2.24. The van der Waals surface area contributed by atoms with Crippen molar-refractivity contribution in [1.29, 1.82) is 0 Å². The quantitative estimate of drug-likeness (QED) is 0.728. The molecule has 1 fully saturated rings. The standard InChI is InChI=1S/C12H24N2O/c1-3-5-6-12(15)14(9-4-2)11-7-8-13-10-11/h11,13H,3-10H2,1-2H3. The maximum absolute atomic E-state index is 12.0. The number of nitrogens with zero attached hydrogens (tertiary/aromatic N) is 1. The molecule has 1 atom stereocenters. The van der Waals surface area contributed by atoms with Crippen molar-refractivity contribution in [2.24, 2.45) is 0 Å². The highest BCUT2D eigenvalue weighted by molar-refractivity contribution is 5.76. The van der Waals surface area contributed by atoms with Gasteiger partial charge < -0.3 is 10.2 Å². The molecule has 1 heterocycles. The molecule has 0 saturated carbocycles. The SMILES string of the molecule is CCCCC(=O)N(CCC)C1CCNC1. The first kappa shape index (κ1) is 12.5. The molecule has 0 aromatic carbocycles. The Morgan fingerprint density at radius 2 is 2.20 bits per heavy atom. The van der Waals surface area contributed by atoms with E-state index < -0.39 is 0 Å². The van der Waals surface area contributed by atoms with E-state index in [1.807, 2.05) is 0 Å². The molecule has 0 aromatic rings. The van der Waals surface area contributed by atoms with Gasteiger partial charge in [-0.2, -0.15) is 0 Å². The van der Waals surface area contributed by atoms with Crippen LogP contribution < -0.4 is 5.32 Å². The first-order valence-electron chi connectivity index (χ1n) is 6.29. The molecule has 15 heavy (non-hydrogen) atoms. The summed E-state index contributed by atoms with van der Waals surface area (Å²) in [5.41, 5.74) is 0. The summed E-state index contributed by atoms with van der Waals surface area (Å²) < 4.78 is 0. The molecule has 0 radical (unpaired) electrons. The molecule has 0 aromatic heterocycles. The number of hydrogen-bond donors (Lipinski definition) is 1. The van der Waals surface area contributed by atoms with Crippen LogP contribution in [-0.2, 0) is 4.79 Å². The molecule has 0 aliphatic carbocycles. The Kier molecular flexibility index (Phi) is 5.69. The molecule has 1 saturated heterocycles. The van der Waals surface area contributed by atoms with Crippen molar-refractivity contribution < 1.29 is 4.79 Å². The summed E-state index contributed by atoms with van der Waals surface area (Å²) in [6, 6.07) is 0.453.